The summed E-state index contributed by atoms with van der Waals surface area (Å²) in [6, 6.07) is 1.20. The molecule has 2 aromatic heterocycles. The summed E-state index contributed by atoms with van der Waals surface area (Å²) in [6.07, 6.45) is 1.86. The predicted molar refractivity (Wildman–Crippen MR) is 92.9 cm³/mol. The van der Waals surface area contributed by atoms with Gasteiger partial charge >= 0.3 is 0 Å². The minimum atomic E-state index is -1.57. The third-order valence-electron chi connectivity index (χ3n) is 3.43. The monoisotopic (exact) mass is 385 g/mol. The predicted octanol–water partition coefficient (Wildman–Crippen LogP) is 4.15. The van der Waals surface area contributed by atoms with Gasteiger partial charge in [0.1, 0.15) is 34.7 Å². The van der Waals surface area contributed by atoms with E-state index < -0.39 is 31.1 Å². The van der Waals surface area contributed by atoms with E-state index in [2.05, 4.69) is 40.0 Å². The van der Waals surface area contributed by atoms with Gasteiger partial charge < -0.3 is 5.32 Å². The Labute approximate surface area is 147 Å². The zero-order valence-corrected chi connectivity index (χ0v) is 15.5. The largest absolute Gasteiger partial charge is 0.372 e. The first-order valence-corrected chi connectivity index (χ1v) is 11.5. The van der Waals surface area contributed by atoms with Gasteiger partial charge in [-0.1, -0.05) is 31.2 Å². The summed E-state index contributed by atoms with van der Waals surface area (Å²) in [7, 11) is -1.57. The van der Waals surface area contributed by atoms with Crippen molar-refractivity contribution in [2.75, 3.05) is 11.5 Å². The number of aromatic nitrogens is 4. The fourth-order valence-electron chi connectivity index (χ4n) is 2.33. The molecular weight excluding hydrogens is 371 g/mol. The van der Waals surface area contributed by atoms with Crippen LogP contribution in [0.15, 0.2) is 18.5 Å². The molecule has 0 aliphatic heterocycles. The molecule has 1 N–H and O–H groups in total. The van der Waals surface area contributed by atoms with E-state index >= 15 is 0 Å². The summed E-state index contributed by atoms with van der Waals surface area (Å²) in [5.41, 5.74) is -0.484. The van der Waals surface area contributed by atoms with Crippen molar-refractivity contribution in [2.24, 2.45) is 0 Å². The van der Waals surface area contributed by atoms with Gasteiger partial charge in [0, 0.05) is 18.3 Å². The summed E-state index contributed by atoms with van der Waals surface area (Å²) >= 11 is 6.19. The average molecular weight is 386 g/mol. The first kappa shape index (κ1) is 17.7. The highest BCUT2D eigenvalue weighted by Crippen LogP contribution is 2.37. The van der Waals surface area contributed by atoms with Gasteiger partial charge in [0.15, 0.2) is 0 Å². The SMILES string of the molecule is C[Si](C)(C)CNc1c(-c2c(F)cc(F)cc2F)c(Cl)nc2ncnn12. The Balaban J connectivity index is 2.29. The molecule has 0 unspecified atom stereocenters. The Morgan fingerprint density at radius 1 is 1.12 bits per heavy atom. The number of nitrogens with one attached hydrogen (secondary N) is 1. The van der Waals surface area contributed by atoms with Crippen molar-refractivity contribution >= 4 is 31.3 Å². The topological polar surface area (TPSA) is 55.1 Å². The number of anilines is 1. The Morgan fingerprint density at radius 2 is 1.76 bits per heavy atom. The van der Waals surface area contributed by atoms with E-state index in [4.69, 9.17) is 11.6 Å². The number of benzene rings is 1. The smallest absolute Gasteiger partial charge is 0.255 e. The van der Waals surface area contributed by atoms with Crippen LogP contribution in [0.5, 0.6) is 0 Å². The van der Waals surface area contributed by atoms with Crippen LogP contribution < -0.4 is 5.32 Å². The molecule has 132 valence electrons. The third-order valence-corrected chi connectivity index (χ3v) is 4.94. The van der Waals surface area contributed by atoms with Gasteiger partial charge in [0.25, 0.3) is 5.78 Å². The molecule has 0 amide bonds. The molecule has 0 aliphatic carbocycles. The minimum absolute atomic E-state index is 0.0204. The van der Waals surface area contributed by atoms with Gasteiger partial charge in [-0.25, -0.2) is 13.2 Å². The van der Waals surface area contributed by atoms with Crippen LogP contribution in [-0.4, -0.2) is 33.8 Å². The molecule has 3 rings (SSSR count). The quantitative estimate of drug-likeness (QED) is 0.541. The maximum atomic E-state index is 14.3. The first-order chi connectivity index (χ1) is 11.7. The standard InChI is InChI=1S/C15H15ClF3N5Si/c1-25(2,3)7-21-14-12(11-9(18)4-8(17)5-10(11)19)13(16)23-15-20-6-22-24(14)15/h4-6,21H,7H2,1-3H3. The Kier molecular flexibility index (Phi) is 4.46. The van der Waals surface area contributed by atoms with Crippen molar-refractivity contribution in [3.63, 3.8) is 0 Å². The van der Waals surface area contributed by atoms with Crippen molar-refractivity contribution in [1.29, 1.82) is 0 Å². The zero-order valence-electron chi connectivity index (χ0n) is 13.7. The second kappa shape index (κ2) is 6.30. The van der Waals surface area contributed by atoms with Crippen LogP contribution in [0.4, 0.5) is 19.0 Å². The lowest BCUT2D eigenvalue weighted by Gasteiger charge is -2.20. The van der Waals surface area contributed by atoms with Gasteiger partial charge in [-0.05, 0) is 0 Å². The van der Waals surface area contributed by atoms with Crippen molar-refractivity contribution in [3.8, 4) is 11.1 Å². The van der Waals surface area contributed by atoms with Crippen LogP contribution in [0.3, 0.4) is 0 Å². The zero-order chi connectivity index (χ0) is 18.4. The van der Waals surface area contributed by atoms with E-state index in [1.807, 2.05) is 0 Å². The Bertz CT molecular complexity index is 931. The Morgan fingerprint density at radius 3 is 2.36 bits per heavy atom. The van der Waals surface area contributed by atoms with Crippen molar-refractivity contribution in [1.82, 2.24) is 19.6 Å². The van der Waals surface area contributed by atoms with Gasteiger partial charge in [0.05, 0.1) is 19.2 Å². The molecule has 0 radical (unpaired) electrons. The lowest BCUT2D eigenvalue weighted by atomic mass is 10.1. The molecule has 0 spiro atoms. The minimum Gasteiger partial charge on any atom is -0.372 e. The van der Waals surface area contributed by atoms with Crippen LogP contribution in [-0.2, 0) is 0 Å². The third kappa shape index (κ3) is 3.47. The van der Waals surface area contributed by atoms with Gasteiger partial charge in [-0.2, -0.15) is 19.6 Å². The molecule has 0 aliphatic rings. The lowest BCUT2D eigenvalue weighted by molar-refractivity contribution is 0.548. The van der Waals surface area contributed by atoms with Crippen LogP contribution in [0, 0.1) is 17.5 Å². The highest BCUT2D eigenvalue weighted by Gasteiger charge is 2.25. The van der Waals surface area contributed by atoms with E-state index in [-0.39, 0.29) is 22.3 Å². The van der Waals surface area contributed by atoms with Crippen LogP contribution in [0.2, 0.25) is 24.8 Å². The maximum Gasteiger partial charge on any atom is 0.255 e. The van der Waals surface area contributed by atoms with E-state index in [9.17, 15) is 13.2 Å². The summed E-state index contributed by atoms with van der Waals surface area (Å²) < 4.78 is 43.2. The van der Waals surface area contributed by atoms with Crippen LogP contribution in [0.1, 0.15) is 0 Å². The molecular formula is C15H15ClF3N5Si. The second-order valence-electron chi connectivity index (χ2n) is 6.76. The normalized spacial score (nSPS) is 12.0. The molecule has 5 nitrogen and oxygen atoms in total. The van der Waals surface area contributed by atoms with Crippen LogP contribution in [0.25, 0.3) is 16.9 Å². The molecule has 3 aromatic rings. The summed E-state index contributed by atoms with van der Waals surface area (Å²) in [5.74, 6) is -2.70. The first-order valence-electron chi connectivity index (χ1n) is 7.45. The average Bonchev–Trinajstić information content (AvgIpc) is 2.92. The van der Waals surface area contributed by atoms with E-state index in [0.717, 1.165) is 0 Å². The van der Waals surface area contributed by atoms with Crippen molar-refractivity contribution < 1.29 is 13.2 Å². The molecule has 1 aromatic carbocycles. The molecule has 0 fully saturated rings. The van der Waals surface area contributed by atoms with Gasteiger partial charge in [-0.15, -0.1) is 0 Å². The summed E-state index contributed by atoms with van der Waals surface area (Å²) in [6.45, 7) is 6.38. The number of nitrogens with zero attached hydrogens (tertiary/aromatic N) is 4. The summed E-state index contributed by atoms with van der Waals surface area (Å²) in [4.78, 5) is 7.98. The fourth-order valence-corrected chi connectivity index (χ4v) is 3.29. The molecule has 0 atom stereocenters. The fraction of sp³-hybridized carbons (Fsp3) is 0.267. The molecule has 25 heavy (non-hydrogen) atoms. The molecule has 0 saturated heterocycles. The van der Waals surface area contributed by atoms with Gasteiger partial charge in [-0.3, -0.25) is 0 Å². The highest BCUT2D eigenvalue weighted by atomic mass is 35.5. The van der Waals surface area contributed by atoms with Crippen LogP contribution >= 0.6 is 11.6 Å². The maximum absolute atomic E-state index is 14.3. The molecule has 0 bridgehead atoms. The second-order valence-corrected chi connectivity index (χ2v) is 12.6. The summed E-state index contributed by atoms with van der Waals surface area (Å²) in [5, 5.41) is 7.05. The number of hydrogen-bond donors (Lipinski definition) is 1. The molecule has 10 heteroatoms. The molecule has 0 saturated carbocycles. The molecule has 2 heterocycles. The number of halogens is 4. The number of rotatable bonds is 4. The van der Waals surface area contributed by atoms with E-state index in [1.54, 1.807) is 0 Å². The van der Waals surface area contributed by atoms with Gasteiger partial charge in [0.2, 0.25) is 0 Å². The Hall–Kier alpha value is -2.13. The van der Waals surface area contributed by atoms with Crippen molar-refractivity contribution in [2.45, 2.75) is 19.6 Å². The lowest BCUT2D eigenvalue weighted by Crippen LogP contribution is -2.32. The van der Waals surface area contributed by atoms with Crippen molar-refractivity contribution in [3.05, 3.63) is 41.1 Å². The number of fused-ring (bicyclic) bond motifs is 1. The van der Waals surface area contributed by atoms with E-state index in [0.29, 0.717) is 18.3 Å². The number of hydrogen-bond acceptors (Lipinski definition) is 4. The highest BCUT2D eigenvalue weighted by molar-refractivity contribution is 6.76. The van der Waals surface area contributed by atoms with E-state index in [1.165, 1.54) is 10.8 Å².